The van der Waals surface area contributed by atoms with Gasteiger partial charge in [-0.3, -0.25) is 4.90 Å². The quantitative estimate of drug-likeness (QED) is 0.860. The van der Waals surface area contributed by atoms with E-state index in [9.17, 15) is 0 Å². The molecule has 1 saturated heterocycles. The predicted octanol–water partition coefficient (Wildman–Crippen LogP) is 2.70. The molecule has 0 bridgehead atoms. The van der Waals surface area contributed by atoms with Gasteiger partial charge in [-0.15, -0.1) is 0 Å². The van der Waals surface area contributed by atoms with Crippen LogP contribution < -0.4 is 5.73 Å². The largest absolute Gasteiger partial charge is 0.329 e. The summed E-state index contributed by atoms with van der Waals surface area (Å²) in [6, 6.07) is 1.42. The number of likely N-dealkylation sites (tertiary alicyclic amines) is 1. The molecule has 118 valence electrons. The number of nitrogens with two attached hydrogens (primary N) is 1. The van der Waals surface area contributed by atoms with E-state index in [-0.39, 0.29) is 5.54 Å². The lowest BCUT2D eigenvalue weighted by Crippen LogP contribution is -2.62. The van der Waals surface area contributed by atoms with Gasteiger partial charge in [0.05, 0.1) is 0 Å². The lowest BCUT2D eigenvalue weighted by molar-refractivity contribution is -0.0161. The molecule has 2 unspecified atom stereocenters. The molecular weight excluding hydrogens is 246 g/mol. The fourth-order valence-electron chi connectivity index (χ4n) is 4.38. The number of piperidine rings is 1. The third-order valence-electron chi connectivity index (χ3n) is 6.15. The van der Waals surface area contributed by atoms with E-state index in [1.54, 1.807) is 0 Å². The SMILES string of the molecule is CC1CCCCC1N(C)C1(CN)CCN(C(C)C)CC1. The summed E-state index contributed by atoms with van der Waals surface area (Å²) in [6.07, 6.45) is 8.06. The average molecular weight is 281 g/mol. The minimum Gasteiger partial charge on any atom is -0.329 e. The summed E-state index contributed by atoms with van der Waals surface area (Å²) in [5.41, 5.74) is 6.50. The van der Waals surface area contributed by atoms with Crippen molar-refractivity contribution in [3.63, 3.8) is 0 Å². The highest BCUT2D eigenvalue weighted by atomic mass is 15.3. The van der Waals surface area contributed by atoms with Crippen LogP contribution in [-0.2, 0) is 0 Å². The van der Waals surface area contributed by atoms with Gasteiger partial charge in [-0.05, 0) is 52.5 Å². The first-order valence-electron chi connectivity index (χ1n) is 8.67. The topological polar surface area (TPSA) is 32.5 Å². The van der Waals surface area contributed by atoms with Crippen molar-refractivity contribution in [2.45, 2.75) is 76.9 Å². The maximum absolute atomic E-state index is 6.25. The maximum Gasteiger partial charge on any atom is 0.0356 e. The van der Waals surface area contributed by atoms with Crippen molar-refractivity contribution in [3.8, 4) is 0 Å². The number of nitrogens with zero attached hydrogens (tertiary/aromatic N) is 2. The Kier molecular flexibility index (Phi) is 5.49. The van der Waals surface area contributed by atoms with E-state index in [0.717, 1.165) is 18.5 Å². The normalized spacial score (nSPS) is 31.9. The molecule has 0 aromatic rings. The van der Waals surface area contributed by atoms with Crippen LogP contribution in [0.1, 0.15) is 59.3 Å². The molecular formula is C17H35N3. The molecule has 20 heavy (non-hydrogen) atoms. The van der Waals surface area contributed by atoms with E-state index in [1.807, 2.05) is 0 Å². The molecule has 2 fully saturated rings. The van der Waals surface area contributed by atoms with Gasteiger partial charge >= 0.3 is 0 Å². The molecule has 0 aromatic carbocycles. The van der Waals surface area contributed by atoms with Gasteiger partial charge in [0.25, 0.3) is 0 Å². The van der Waals surface area contributed by atoms with Gasteiger partial charge in [0.1, 0.15) is 0 Å². The monoisotopic (exact) mass is 281 g/mol. The molecule has 2 rings (SSSR count). The molecule has 1 saturated carbocycles. The molecule has 1 aliphatic carbocycles. The highest BCUT2D eigenvalue weighted by Gasteiger charge is 2.41. The van der Waals surface area contributed by atoms with E-state index in [4.69, 9.17) is 5.73 Å². The Hall–Kier alpha value is -0.120. The fraction of sp³-hybridized carbons (Fsp3) is 1.00. The first kappa shape index (κ1) is 16.3. The van der Waals surface area contributed by atoms with Crippen LogP contribution in [0.4, 0.5) is 0 Å². The first-order chi connectivity index (χ1) is 9.50. The number of likely N-dealkylation sites (N-methyl/N-ethyl adjacent to an activating group) is 1. The lowest BCUT2D eigenvalue weighted by atomic mass is 9.79. The Morgan fingerprint density at radius 2 is 1.80 bits per heavy atom. The molecule has 2 atom stereocenters. The minimum absolute atomic E-state index is 0.252. The van der Waals surface area contributed by atoms with Crippen molar-refractivity contribution in [2.75, 3.05) is 26.7 Å². The Morgan fingerprint density at radius 1 is 1.20 bits per heavy atom. The fourth-order valence-corrected chi connectivity index (χ4v) is 4.38. The molecule has 0 spiro atoms. The molecule has 0 amide bonds. The van der Waals surface area contributed by atoms with Crippen molar-refractivity contribution in [3.05, 3.63) is 0 Å². The third kappa shape index (κ3) is 3.20. The van der Waals surface area contributed by atoms with Crippen LogP contribution in [0.15, 0.2) is 0 Å². The summed E-state index contributed by atoms with van der Waals surface area (Å²) >= 11 is 0. The van der Waals surface area contributed by atoms with Gasteiger partial charge in [-0.25, -0.2) is 0 Å². The van der Waals surface area contributed by atoms with Gasteiger partial charge in [0.15, 0.2) is 0 Å². The van der Waals surface area contributed by atoms with Gasteiger partial charge in [0.2, 0.25) is 0 Å². The molecule has 2 N–H and O–H groups in total. The summed E-state index contributed by atoms with van der Waals surface area (Å²) in [7, 11) is 2.35. The summed E-state index contributed by atoms with van der Waals surface area (Å²) in [5.74, 6) is 0.834. The second kappa shape index (κ2) is 6.76. The molecule has 0 radical (unpaired) electrons. The first-order valence-corrected chi connectivity index (χ1v) is 8.67. The van der Waals surface area contributed by atoms with E-state index >= 15 is 0 Å². The van der Waals surface area contributed by atoms with E-state index in [1.165, 1.54) is 51.6 Å². The van der Waals surface area contributed by atoms with Crippen LogP contribution in [0.5, 0.6) is 0 Å². The molecule has 2 aliphatic rings. The van der Waals surface area contributed by atoms with Crippen molar-refractivity contribution in [2.24, 2.45) is 11.7 Å². The van der Waals surface area contributed by atoms with Crippen molar-refractivity contribution in [1.29, 1.82) is 0 Å². The minimum atomic E-state index is 0.252. The van der Waals surface area contributed by atoms with E-state index in [2.05, 4.69) is 37.6 Å². The highest BCUT2D eigenvalue weighted by Crippen LogP contribution is 2.36. The van der Waals surface area contributed by atoms with Crippen molar-refractivity contribution >= 4 is 0 Å². The maximum atomic E-state index is 6.25. The van der Waals surface area contributed by atoms with Gasteiger partial charge in [0, 0.05) is 37.3 Å². The van der Waals surface area contributed by atoms with Crippen LogP contribution >= 0.6 is 0 Å². The lowest BCUT2D eigenvalue weighted by Gasteiger charge is -2.52. The third-order valence-corrected chi connectivity index (χ3v) is 6.15. The summed E-state index contributed by atoms with van der Waals surface area (Å²) in [4.78, 5) is 5.29. The van der Waals surface area contributed by atoms with Crippen molar-refractivity contribution in [1.82, 2.24) is 9.80 Å². The molecule has 3 nitrogen and oxygen atoms in total. The van der Waals surface area contributed by atoms with Crippen LogP contribution in [0.2, 0.25) is 0 Å². The Balaban J connectivity index is 2.03. The zero-order valence-corrected chi connectivity index (χ0v) is 14.1. The number of hydrogen-bond acceptors (Lipinski definition) is 3. The van der Waals surface area contributed by atoms with E-state index in [0.29, 0.717) is 6.04 Å². The smallest absolute Gasteiger partial charge is 0.0356 e. The second-order valence-corrected chi connectivity index (χ2v) is 7.50. The molecule has 0 aromatic heterocycles. The Bertz CT molecular complexity index is 295. The standard InChI is InChI=1S/C17H35N3/c1-14(2)20-11-9-17(13-18,10-12-20)19(4)16-8-6-5-7-15(16)3/h14-16H,5-13,18H2,1-4H3. The van der Waals surface area contributed by atoms with Crippen LogP contribution in [0.3, 0.4) is 0 Å². The Labute approximate surface area is 125 Å². The van der Waals surface area contributed by atoms with Crippen LogP contribution in [0.25, 0.3) is 0 Å². The summed E-state index contributed by atoms with van der Waals surface area (Å²) in [5, 5.41) is 0. The summed E-state index contributed by atoms with van der Waals surface area (Å²) in [6.45, 7) is 10.3. The second-order valence-electron chi connectivity index (χ2n) is 7.50. The number of hydrogen-bond donors (Lipinski definition) is 1. The average Bonchev–Trinajstić information content (AvgIpc) is 2.47. The van der Waals surface area contributed by atoms with Crippen LogP contribution in [0, 0.1) is 5.92 Å². The van der Waals surface area contributed by atoms with Gasteiger partial charge < -0.3 is 10.6 Å². The zero-order chi connectivity index (χ0) is 14.8. The summed E-state index contributed by atoms with van der Waals surface area (Å²) < 4.78 is 0. The molecule has 3 heteroatoms. The predicted molar refractivity (Wildman–Crippen MR) is 86.9 cm³/mol. The zero-order valence-electron chi connectivity index (χ0n) is 14.1. The highest BCUT2D eigenvalue weighted by molar-refractivity contribution is 4.99. The van der Waals surface area contributed by atoms with Crippen molar-refractivity contribution < 1.29 is 0 Å². The van der Waals surface area contributed by atoms with Gasteiger partial charge in [-0.1, -0.05) is 19.8 Å². The molecule has 1 heterocycles. The number of rotatable bonds is 4. The van der Waals surface area contributed by atoms with E-state index < -0.39 is 0 Å². The van der Waals surface area contributed by atoms with Crippen LogP contribution in [-0.4, -0.2) is 54.1 Å². The Morgan fingerprint density at radius 3 is 2.30 bits per heavy atom. The molecule has 1 aliphatic heterocycles. The van der Waals surface area contributed by atoms with Gasteiger partial charge in [-0.2, -0.15) is 0 Å².